The van der Waals surface area contributed by atoms with Crippen molar-refractivity contribution >= 4 is 0 Å². The number of rotatable bonds is 6. The van der Waals surface area contributed by atoms with Crippen molar-refractivity contribution in [3.8, 4) is 0 Å². The van der Waals surface area contributed by atoms with Crippen molar-refractivity contribution < 1.29 is 4.74 Å². The van der Waals surface area contributed by atoms with Gasteiger partial charge in [-0.25, -0.2) is 0 Å². The SMILES string of the molecule is COCC[C@@H]1CCCCN(Cc2cn(C(C)C)nc2C)C1. The molecule has 0 aliphatic carbocycles. The summed E-state index contributed by atoms with van der Waals surface area (Å²) in [6.45, 7) is 10.9. The van der Waals surface area contributed by atoms with Crippen molar-refractivity contribution in [2.75, 3.05) is 26.8 Å². The zero-order valence-electron chi connectivity index (χ0n) is 14.1. The van der Waals surface area contributed by atoms with E-state index in [1.54, 1.807) is 7.11 Å². The van der Waals surface area contributed by atoms with E-state index in [4.69, 9.17) is 4.74 Å². The fraction of sp³-hybridized carbons (Fsp3) is 0.824. The summed E-state index contributed by atoms with van der Waals surface area (Å²) in [6.07, 6.45) is 7.45. The van der Waals surface area contributed by atoms with Gasteiger partial charge < -0.3 is 4.74 Å². The van der Waals surface area contributed by atoms with E-state index in [1.807, 2.05) is 0 Å². The van der Waals surface area contributed by atoms with E-state index in [1.165, 1.54) is 50.0 Å². The Morgan fingerprint density at radius 1 is 1.38 bits per heavy atom. The summed E-state index contributed by atoms with van der Waals surface area (Å²) in [5.41, 5.74) is 2.57. The van der Waals surface area contributed by atoms with Crippen molar-refractivity contribution in [3.63, 3.8) is 0 Å². The highest BCUT2D eigenvalue weighted by Crippen LogP contribution is 2.22. The Morgan fingerprint density at radius 3 is 2.86 bits per heavy atom. The Hall–Kier alpha value is -0.870. The largest absolute Gasteiger partial charge is 0.385 e. The fourth-order valence-electron chi connectivity index (χ4n) is 3.16. The average molecular weight is 293 g/mol. The maximum Gasteiger partial charge on any atom is 0.0638 e. The number of aromatic nitrogens is 2. The third-order valence-electron chi connectivity index (χ3n) is 4.52. The van der Waals surface area contributed by atoms with Gasteiger partial charge in [0, 0.05) is 44.6 Å². The van der Waals surface area contributed by atoms with Gasteiger partial charge in [0.15, 0.2) is 0 Å². The van der Waals surface area contributed by atoms with Crippen LogP contribution in [0.25, 0.3) is 0 Å². The molecule has 1 aliphatic heterocycles. The lowest BCUT2D eigenvalue weighted by Crippen LogP contribution is -2.28. The normalized spacial score (nSPS) is 20.9. The molecular weight excluding hydrogens is 262 g/mol. The van der Waals surface area contributed by atoms with Crippen LogP contribution in [0.1, 0.15) is 56.8 Å². The van der Waals surface area contributed by atoms with Crippen LogP contribution in [-0.4, -0.2) is 41.5 Å². The van der Waals surface area contributed by atoms with Crippen LogP contribution in [0.2, 0.25) is 0 Å². The molecule has 0 unspecified atom stereocenters. The zero-order valence-corrected chi connectivity index (χ0v) is 14.1. The quantitative estimate of drug-likeness (QED) is 0.805. The van der Waals surface area contributed by atoms with Crippen molar-refractivity contribution in [3.05, 3.63) is 17.5 Å². The molecule has 0 saturated carbocycles. The van der Waals surface area contributed by atoms with Crippen LogP contribution in [0.3, 0.4) is 0 Å². The van der Waals surface area contributed by atoms with Crippen LogP contribution in [0, 0.1) is 12.8 Å². The minimum Gasteiger partial charge on any atom is -0.385 e. The average Bonchev–Trinajstić information content (AvgIpc) is 2.68. The van der Waals surface area contributed by atoms with Crippen molar-refractivity contribution in [2.24, 2.45) is 5.92 Å². The van der Waals surface area contributed by atoms with Gasteiger partial charge in [-0.2, -0.15) is 5.10 Å². The van der Waals surface area contributed by atoms with Gasteiger partial charge in [0.1, 0.15) is 0 Å². The lowest BCUT2D eigenvalue weighted by atomic mass is 10.00. The molecule has 0 spiro atoms. The van der Waals surface area contributed by atoms with Gasteiger partial charge in [-0.1, -0.05) is 6.42 Å². The molecule has 2 rings (SSSR count). The predicted octanol–water partition coefficient (Wildman–Crippen LogP) is 3.41. The van der Waals surface area contributed by atoms with Crippen molar-refractivity contribution in [1.82, 2.24) is 14.7 Å². The summed E-state index contributed by atoms with van der Waals surface area (Å²) in [5, 5.41) is 4.64. The first-order valence-electron chi connectivity index (χ1n) is 8.36. The molecule has 1 saturated heterocycles. The molecule has 1 atom stereocenters. The highest BCUT2D eigenvalue weighted by atomic mass is 16.5. The standard InChI is InChI=1S/C17H31N3O/c1-14(2)20-13-17(15(3)18-20)12-19-9-6-5-7-16(11-19)8-10-21-4/h13-14,16H,5-12H2,1-4H3/t16-/m0/s1. The van der Waals surface area contributed by atoms with E-state index in [2.05, 4.69) is 41.6 Å². The summed E-state index contributed by atoms with van der Waals surface area (Å²) in [4.78, 5) is 2.61. The second-order valence-corrected chi connectivity index (χ2v) is 6.69. The molecule has 0 N–H and O–H groups in total. The van der Waals surface area contributed by atoms with Crippen LogP contribution in [0.15, 0.2) is 6.20 Å². The summed E-state index contributed by atoms with van der Waals surface area (Å²) in [6, 6.07) is 0.441. The Morgan fingerprint density at radius 2 is 2.19 bits per heavy atom. The molecule has 1 aromatic heterocycles. The van der Waals surface area contributed by atoms with Gasteiger partial charge in [0.05, 0.1) is 5.69 Å². The maximum absolute atomic E-state index is 5.26. The number of hydrogen-bond acceptors (Lipinski definition) is 3. The topological polar surface area (TPSA) is 30.3 Å². The van der Waals surface area contributed by atoms with E-state index in [9.17, 15) is 0 Å². The molecule has 21 heavy (non-hydrogen) atoms. The maximum atomic E-state index is 5.26. The number of hydrogen-bond donors (Lipinski definition) is 0. The first kappa shape index (κ1) is 16.5. The smallest absolute Gasteiger partial charge is 0.0638 e. The first-order valence-corrected chi connectivity index (χ1v) is 8.36. The first-order chi connectivity index (χ1) is 10.1. The van der Waals surface area contributed by atoms with Crippen molar-refractivity contribution in [2.45, 2.75) is 59.0 Å². The van der Waals surface area contributed by atoms with Crippen molar-refractivity contribution in [1.29, 1.82) is 0 Å². The van der Waals surface area contributed by atoms with Crippen LogP contribution in [0.5, 0.6) is 0 Å². The highest BCUT2D eigenvalue weighted by molar-refractivity contribution is 5.15. The molecule has 0 amide bonds. The van der Waals surface area contributed by atoms with Gasteiger partial charge in [-0.05, 0) is 52.5 Å². The van der Waals surface area contributed by atoms with Crippen LogP contribution in [0.4, 0.5) is 0 Å². The van der Waals surface area contributed by atoms with Crippen LogP contribution < -0.4 is 0 Å². The van der Waals surface area contributed by atoms with Crippen LogP contribution in [-0.2, 0) is 11.3 Å². The van der Waals surface area contributed by atoms with Gasteiger partial charge >= 0.3 is 0 Å². The van der Waals surface area contributed by atoms with E-state index in [-0.39, 0.29) is 0 Å². The van der Waals surface area contributed by atoms with Gasteiger partial charge in [0.2, 0.25) is 0 Å². The molecule has 1 aliphatic rings. The molecule has 1 aromatic rings. The molecule has 120 valence electrons. The Labute approximate surface area is 129 Å². The predicted molar refractivity (Wildman–Crippen MR) is 86.5 cm³/mol. The lowest BCUT2D eigenvalue weighted by Gasteiger charge is -2.24. The third kappa shape index (κ3) is 4.82. The second-order valence-electron chi connectivity index (χ2n) is 6.69. The van der Waals surface area contributed by atoms with Crippen LogP contribution >= 0.6 is 0 Å². The minimum atomic E-state index is 0.441. The lowest BCUT2D eigenvalue weighted by molar-refractivity contribution is 0.158. The summed E-state index contributed by atoms with van der Waals surface area (Å²) in [5.74, 6) is 0.785. The number of methoxy groups -OCH3 is 1. The fourth-order valence-corrected chi connectivity index (χ4v) is 3.16. The molecule has 0 radical (unpaired) electrons. The van der Waals surface area contributed by atoms with E-state index in [0.29, 0.717) is 6.04 Å². The molecule has 0 aromatic carbocycles. The molecule has 4 nitrogen and oxygen atoms in total. The summed E-state index contributed by atoms with van der Waals surface area (Å²) in [7, 11) is 1.80. The number of likely N-dealkylation sites (tertiary alicyclic amines) is 1. The number of aryl methyl sites for hydroxylation is 1. The van der Waals surface area contributed by atoms with E-state index in [0.717, 1.165) is 19.1 Å². The summed E-state index contributed by atoms with van der Waals surface area (Å²) < 4.78 is 7.34. The number of ether oxygens (including phenoxy) is 1. The van der Waals surface area contributed by atoms with Gasteiger partial charge in [-0.3, -0.25) is 9.58 Å². The Bertz CT molecular complexity index is 428. The second kappa shape index (κ2) is 7.95. The monoisotopic (exact) mass is 293 g/mol. The minimum absolute atomic E-state index is 0.441. The molecule has 0 bridgehead atoms. The zero-order chi connectivity index (χ0) is 15.2. The van der Waals surface area contributed by atoms with Gasteiger partial charge in [-0.15, -0.1) is 0 Å². The Kier molecular flexibility index (Phi) is 6.24. The molecule has 4 heteroatoms. The van der Waals surface area contributed by atoms with E-state index < -0.39 is 0 Å². The number of nitrogens with zero attached hydrogens (tertiary/aromatic N) is 3. The highest BCUT2D eigenvalue weighted by Gasteiger charge is 2.19. The van der Waals surface area contributed by atoms with Gasteiger partial charge in [0.25, 0.3) is 0 Å². The molecule has 2 heterocycles. The third-order valence-corrected chi connectivity index (χ3v) is 4.52. The Balaban J connectivity index is 1.96. The summed E-state index contributed by atoms with van der Waals surface area (Å²) >= 11 is 0. The van der Waals surface area contributed by atoms with E-state index >= 15 is 0 Å². The molecule has 1 fully saturated rings. The molecular formula is C17H31N3O.